The van der Waals surface area contributed by atoms with E-state index in [1.807, 2.05) is 13.8 Å². The first-order chi connectivity index (χ1) is 12.0. The Balaban J connectivity index is 1.97. The van der Waals surface area contributed by atoms with Crippen LogP contribution in [0.3, 0.4) is 0 Å². The third-order valence-corrected chi connectivity index (χ3v) is 4.22. The molecule has 25 heavy (non-hydrogen) atoms. The van der Waals surface area contributed by atoms with Crippen molar-refractivity contribution in [3.05, 3.63) is 24.2 Å². The van der Waals surface area contributed by atoms with Crippen LogP contribution >= 0.6 is 0 Å². The third kappa shape index (κ3) is 5.85. The third-order valence-electron chi connectivity index (χ3n) is 4.22. The van der Waals surface area contributed by atoms with Gasteiger partial charge in [0.2, 0.25) is 5.91 Å². The van der Waals surface area contributed by atoms with E-state index in [2.05, 4.69) is 25.3 Å². The van der Waals surface area contributed by atoms with E-state index in [1.54, 1.807) is 6.20 Å². The van der Waals surface area contributed by atoms with Gasteiger partial charge in [-0.3, -0.25) is 9.78 Å². The monoisotopic (exact) mass is 346 g/mol. The summed E-state index contributed by atoms with van der Waals surface area (Å²) in [4.78, 5) is 32.1. The molecule has 1 aliphatic carbocycles. The van der Waals surface area contributed by atoms with E-state index in [1.165, 1.54) is 38.3 Å². The SMILES string of the molecule is COC(=O)/C=C/c1cnc(N[C@@H](C(=O)NC2CCCC2)C(C)C)cn1. The van der Waals surface area contributed by atoms with Gasteiger partial charge < -0.3 is 15.4 Å². The Labute approximate surface area is 148 Å². The van der Waals surface area contributed by atoms with Crippen molar-refractivity contribution in [2.24, 2.45) is 5.92 Å². The maximum absolute atomic E-state index is 12.5. The molecule has 7 heteroatoms. The van der Waals surface area contributed by atoms with Gasteiger partial charge in [0, 0.05) is 12.1 Å². The van der Waals surface area contributed by atoms with Crippen LogP contribution in [0.15, 0.2) is 18.5 Å². The molecule has 0 aromatic carbocycles. The summed E-state index contributed by atoms with van der Waals surface area (Å²) >= 11 is 0. The maximum atomic E-state index is 12.5. The predicted octanol–water partition coefficient (Wildman–Crippen LogP) is 2.16. The second-order valence-electron chi connectivity index (χ2n) is 6.54. The van der Waals surface area contributed by atoms with Gasteiger partial charge in [0.25, 0.3) is 0 Å². The summed E-state index contributed by atoms with van der Waals surface area (Å²) in [7, 11) is 1.31. The zero-order chi connectivity index (χ0) is 18.2. The number of aromatic nitrogens is 2. The summed E-state index contributed by atoms with van der Waals surface area (Å²) in [5.41, 5.74) is 0.535. The molecule has 1 atom stereocenters. The van der Waals surface area contributed by atoms with Crippen LogP contribution in [0.1, 0.15) is 45.2 Å². The fourth-order valence-corrected chi connectivity index (χ4v) is 2.78. The second-order valence-corrected chi connectivity index (χ2v) is 6.54. The number of amides is 1. The Morgan fingerprint density at radius 3 is 2.52 bits per heavy atom. The first-order valence-corrected chi connectivity index (χ1v) is 8.64. The lowest BCUT2D eigenvalue weighted by atomic mass is 10.0. The van der Waals surface area contributed by atoms with Crippen LogP contribution < -0.4 is 10.6 Å². The topological polar surface area (TPSA) is 93.2 Å². The average Bonchev–Trinajstić information content (AvgIpc) is 3.11. The Kier molecular flexibility index (Phi) is 6.91. The van der Waals surface area contributed by atoms with Crippen molar-refractivity contribution < 1.29 is 14.3 Å². The Morgan fingerprint density at radius 2 is 1.96 bits per heavy atom. The molecular formula is C18H26N4O3. The van der Waals surface area contributed by atoms with Crippen LogP contribution in [0, 0.1) is 5.92 Å². The zero-order valence-electron chi connectivity index (χ0n) is 15.0. The highest BCUT2D eigenvalue weighted by Gasteiger charge is 2.26. The van der Waals surface area contributed by atoms with Crippen molar-refractivity contribution in [2.75, 3.05) is 12.4 Å². The van der Waals surface area contributed by atoms with Gasteiger partial charge in [-0.05, 0) is 24.8 Å². The van der Waals surface area contributed by atoms with Gasteiger partial charge in [-0.2, -0.15) is 0 Å². The molecule has 1 fully saturated rings. The number of hydrogen-bond acceptors (Lipinski definition) is 6. The van der Waals surface area contributed by atoms with Gasteiger partial charge in [-0.1, -0.05) is 26.7 Å². The Morgan fingerprint density at radius 1 is 1.24 bits per heavy atom. The van der Waals surface area contributed by atoms with Crippen LogP contribution in [-0.2, 0) is 14.3 Å². The van der Waals surface area contributed by atoms with Crippen LogP contribution in [0.2, 0.25) is 0 Å². The van der Waals surface area contributed by atoms with E-state index in [0.717, 1.165) is 12.8 Å². The predicted molar refractivity (Wildman–Crippen MR) is 95.7 cm³/mol. The van der Waals surface area contributed by atoms with Gasteiger partial charge in [0.05, 0.1) is 25.2 Å². The highest BCUT2D eigenvalue weighted by Crippen LogP contribution is 2.19. The smallest absolute Gasteiger partial charge is 0.330 e. The largest absolute Gasteiger partial charge is 0.466 e. The molecule has 2 N–H and O–H groups in total. The van der Waals surface area contributed by atoms with E-state index in [-0.39, 0.29) is 23.9 Å². The minimum Gasteiger partial charge on any atom is -0.466 e. The number of hydrogen-bond donors (Lipinski definition) is 2. The number of rotatable bonds is 7. The summed E-state index contributed by atoms with van der Waals surface area (Å²) in [6.45, 7) is 3.99. The molecule has 1 heterocycles. The molecule has 0 aliphatic heterocycles. The van der Waals surface area contributed by atoms with E-state index < -0.39 is 5.97 Å². The van der Waals surface area contributed by atoms with Gasteiger partial charge in [0.15, 0.2) is 0 Å². The number of carbonyl (C=O) groups is 2. The molecule has 1 aliphatic rings. The highest BCUT2D eigenvalue weighted by atomic mass is 16.5. The molecule has 1 amide bonds. The summed E-state index contributed by atoms with van der Waals surface area (Å²) < 4.78 is 4.52. The normalized spacial score (nSPS) is 16.2. The van der Waals surface area contributed by atoms with E-state index in [0.29, 0.717) is 11.5 Å². The molecule has 1 aromatic heterocycles. The number of esters is 1. The second kappa shape index (κ2) is 9.15. The summed E-state index contributed by atoms with van der Waals surface area (Å²) in [5.74, 6) is 0.184. The molecule has 0 bridgehead atoms. The van der Waals surface area contributed by atoms with Crippen molar-refractivity contribution in [1.29, 1.82) is 0 Å². The lowest BCUT2D eigenvalue weighted by Gasteiger charge is -2.24. The molecule has 0 saturated heterocycles. The number of nitrogens with zero attached hydrogens (tertiary/aromatic N) is 2. The molecule has 0 radical (unpaired) electrons. The first-order valence-electron chi connectivity index (χ1n) is 8.64. The number of methoxy groups -OCH3 is 1. The van der Waals surface area contributed by atoms with Gasteiger partial charge >= 0.3 is 5.97 Å². The highest BCUT2D eigenvalue weighted by molar-refractivity contribution is 5.86. The Bertz CT molecular complexity index is 607. The molecule has 7 nitrogen and oxygen atoms in total. The molecule has 0 unspecified atom stereocenters. The van der Waals surface area contributed by atoms with Gasteiger partial charge in [-0.25, -0.2) is 9.78 Å². The van der Waals surface area contributed by atoms with Crippen LogP contribution in [0.5, 0.6) is 0 Å². The first kappa shape index (κ1) is 18.9. The number of ether oxygens (including phenoxy) is 1. The quantitative estimate of drug-likeness (QED) is 0.580. The maximum Gasteiger partial charge on any atom is 0.330 e. The lowest BCUT2D eigenvalue weighted by molar-refractivity contribution is -0.134. The van der Waals surface area contributed by atoms with Crippen molar-refractivity contribution in [3.8, 4) is 0 Å². The molecule has 0 spiro atoms. The van der Waals surface area contributed by atoms with Crippen LogP contribution in [0.25, 0.3) is 6.08 Å². The number of carbonyl (C=O) groups excluding carboxylic acids is 2. The molecular weight excluding hydrogens is 320 g/mol. The molecule has 2 rings (SSSR count). The number of nitrogens with one attached hydrogen (secondary N) is 2. The lowest BCUT2D eigenvalue weighted by Crippen LogP contribution is -2.46. The molecule has 136 valence electrons. The molecule has 1 aromatic rings. The van der Waals surface area contributed by atoms with Crippen molar-refractivity contribution >= 4 is 23.8 Å². The minimum atomic E-state index is -0.451. The van der Waals surface area contributed by atoms with E-state index in [4.69, 9.17) is 0 Å². The van der Waals surface area contributed by atoms with Gasteiger partial charge in [-0.15, -0.1) is 0 Å². The number of anilines is 1. The van der Waals surface area contributed by atoms with Crippen LogP contribution in [-0.4, -0.2) is 41.0 Å². The fraction of sp³-hybridized carbons (Fsp3) is 0.556. The van der Waals surface area contributed by atoms with Crippen LogP contribution in [0.4, 0.5) is 5.82 Å². The standard InChI is InChI=1S/C18H26N4O3/c1-12(2)17(18(24)21-13-6-4-5-7-13)22-15-11-19-14(10-20-15)8-9-16(23)25-3/h8-13,17H,4-7H2,1-3H3,(H,20,22)(H,21,24)/b9-8+/t17-/m1/s1. The molecule has 1 saturated carbocycles. The summed E-state index contributed by atoms with van der Waals surface area (Å²) in [6.07, 6.45) is 10.4. The van der Waals surface area contributed by atoms with Gasteiger partial charge in [0.1, 0.15) is 11.9 Å². The summed E-state index contributed by atoms with van der Waals surface area (Å²) in [5, 5.41) is 6.27. The van der Waals surface area contributed by atoms with E-state index in [9.17, 15) is 9.59 Å². The minimum absolute atomic E-state index is 0.00152. The Hall–Kier alpha value is -2.44. The summed E-state index contributed by atoms with van der Waals surface area (Å²) in [6, 6.07) is -0.0844. The average molecular weight is 346 g/mol. The zero-order valence-corrected chi connectivity index (χ0v) is 15.0. The van der Waals surface area contributed by atoms with Crippen molar-refractivity contribution in [3.63, 3.8) is 0 Å². The van der Waals surface area contributed by atoms with Crippen molar-refractivity contribution in [2.45, 2.75) is 51.6 Å². The fourth-order valence-electron chi connectivity index (χ4n) is 2.78. The van der Waals surface area contributed by atoms with E-state index >= 15 is 0 Å². The van der Waals surface area contributed by atoms with Crippen molar-refractivity contribution in [1.82, 2.24) is 15.3 Å².